The lowest BCUT2D eigenvalue weighted by Gasteiger charge is -2.04. The quantitative estimate of drug-likeness (QED) is 0.638. The van der Waals surface area contributed by atoms with Gasteiger partial charge in [0.25, 0.3) is 5.91 Å². The van der Waals surface area contributed by atoms with Gasteiger partial charge in [-0.2, -0.15) is 0 Å². The van der Waals surface area contributed by atoms with Crippen LogP contribution in [0.1, 0.15) is 15.9 Å². The van der Waals surface area contributed by atoms with Gasteiger partial charge in [-0.15, -0.1) is 0 Å². The smallest absolute Gasteiger partial charge is 0.288 e. The van der Waals surface area contributed by atoms with Gasteiger partial charge in [0.05, 0.1) is 6.54 Å². The highest BCUT2D eigenvalue weighted by molar-refractivity contribution is 6.37. The monoisotopic (exact) mass is 282 g/mol. The average molecular weight is 282 g/mol. The second kappa shape index (κ2) is 7.09. The van der Waals surface area contributed by atoms with E-state index in [1.165, 1.54) is 6.20 Å². The van der Waals surface area contributed by atoms with Gasteiger partial charge in [0.2, 0.25) is 5.78 Å². The maximum absolute atomic E-state index is 11.8. The third-order valence-corrected chi connectivity index (χ3v) is 2.85. The molecule has 0 fully saturated rings. The first-order valence-electron chi connectivity index (χ1n) is 6.45. The zero-order chi connectivity index (χ0) is 15.1. The van der Waals surface area contributed by atoms with Crippen molar-refractivity contribution in [3.05, 3.63) is 66.0 Å². The SMILES string of the molecule is O=C(Cc1ccccc1)C(=O)NCC(=O)c1cccnc1. The summed E-state index contributed by atoms with van der Waals surface area (Å²) in [5.74, 6) is -1.61. The van der Waals surface area contributed by atoms with Crippen LogP contribution in [0.3, 0.4) is 0 Å². The third kappa shape index (κ3) is 4.35. The Kier molecular flexibility index (Phi) is 4.93. The van der Waals surface area contributed by atoms with Crippen LogP contribution >= 0.6 is 0 Å². The fourth-order valence-electron chi connectivity index (χ4n) is 1.75. The number of pyridine rings is 1. The third-order valence-electron chi connectivity index (χ3n) is 2.85. The summed E-state index contributed by atoms with van der Waals surface area (Å²) >= 11 is 0. The zero-order valence-electron chi connectivity index (χ0n) is 11.3. The van der Waals surface area contributed by atoms with Crippen molar-refractivity contribution >= 4 is 17.5 Å². The van der Waals surface area contributed by atoms with E-state index in [0.717, 1.165) is 5.56 Å². The lowest BCUT2D eigenvalue weighted by Crippen LogP contribution is -2.35. The molecule has 1 N–H and O–H groups in total. The molecule has 21 heavy (non-hydrogen) atoms. The van der Waals surface area contributed by atoms with Gasteiger partial charge in [0, 0.05) is 24.4 Å². The number of hydrogen-bond acceptors (Lipinski definition) is 4. The molecule has 0 saturated carbocycles. The van der Waals surface area contributed by atoms with Crippen LogP contribution < -0.4 is 5.32 Å². The highest BCUT2D eigenvalue weighted by Gasteiger charge is 2.15. The predicted molar refractivity (Wildman–Crippen MR) is 76.7 cm³/mol. The largest absolute Gasteiger partial charge is 0.342 e. The van der Waals surface area contributed by atoms with E-state index in [1.807, 2.05) is 6.07 Å². The highest BCUT2D eigenvalue weighted by atomic mass is 16.2. The number of nitrogens with one attached hydrogen (secondary N) is 1. The summed E-state index contributed by atoms with van der Waals surface area (Å²) < 4.78 is 0. The summed E-state index contributed by atoms with van der Waals surface area (Å²) in [6.07, 6.45) is 2.99. The Labute approximate surface area is 122 Å². The van der Waals surface area contributed by atoms with Crippen LogP contribution in [-0.2, 0) is 16.0 Å². The Morgan fingerprint density at radius 3 is 2.43 bits per heavy atom. The average Bonchev–Trinajstić information content (AvgIpc) is 2.54. The Morgan fingerprint density at radius 2 is 1.76 bits per heavy atom. The van der Waals surface area contributed by atoms with Gasteiger partial charge < -0.3 is 5.32 Å². The Balaban J connectivity index is 1.84. The number of benzene rings is 1. The number of hydrogen-bond donors (Lipinski definition) is 1. The number of ketones is 2. The van der Waals surface area contributed by atoms with Crippen LogP contribution in [0.25, 0.3) is 0 Å². The van der Waals surface area contributed by atoms with E-state index in [4.69, 9.17) is 0 Å². The van der Waals surface area contributed by atoms with E-state index in [9.17, 15) is 14.4 Å². The van der Waals surface area contributed by atoms with Crippen LogP contribution in [0.2, 0.25) is 0 Å². The first-order valence-corrected chi connectivity index (χ1v) is 6.45. The van der Waals surface area contributed by atoms with E-state index >= 15 is 0 Å². The van der Waals surface area contributed by atoms with E-state index in [2.05, 4.69) is 10.3 Å². The van der Waals surface area contributed by atoms with E-state index in [0.29, 0.717) is 5.56 Å². The highest BCUT2D eigenvalue weighted by Crippen LogP contribution is 2.00. The molecule has 106 valence electrons. The van der Waals surface area contributed by atoms with Crippen LogP contribution in [0.5, 0.6) is 0 Å². The normalized spacial score (nSPS) is 9.90. The summed E-state index contributed by atoms with van der Waals surface area (Å²) in [5.41, 5.74) is 1.16. The van der Waals surface area contributed by atoms with Gasteiger partial charge in [-0.3, -0.25) is 19.4 Å². The van der Waals surface area contributed by atoms with Gasteiger partial charge in [-0.25, -0.2) is 0 Å². The molecule has 0 spiro atoms. The molecule has 0 aliphatic rings. The molecule has 5 heteroatoms. The van der Waals surface area contributed by atoms with Crippen molar-refractivity contribution in [2.75, 3.05) is 6.54 Å². The first kappa shape index (κ1) is 14.6. The molecule has 1 amide bonds. The van der Waals surface area contributed by atoms with Gasteiger partial charge in [0.1, 0.15) is 0 Å². The van der Waals surface area contributed by atoms with Crippen molar-refractivity contribution in [1.82, 2.24) is 10.3 Å². The molecule has 0 aliphatic heterocycles. The summed E-state index contributed by atoms with van der Waals surface area (Å²) in [7, 11) is 0. The second-order valence-corrected chi connectivity index (χ2v) is 4.43. The molecule has 0 radical (unpaired) electrons. The molecular formula is C16H14N2O3. The van der Waals surface area contributed by atoms with E-state index in [-0.39, 0.29) is 18.7 Å². The summed E-state index contributed by atoms with van der Waals surface area (Å²) in [4.78, 5) is 39.0. The van der Waals surface area contributed by atoms with Crippen LogP contribution in [0.15, 0.2) is 54.9 Å². The van der Waals surface area contributed by atoms with Crippen LogP contribution in [0, 0.1) is 0 Å². The number of carbonyl (C=O) groups excluding carboxylic acids is 3. The number of nitrogens with zero attached hydrogens (tertiary/aromatic N) is 1. The van der Waals surface area contributed by atoms with Gasteiger partial charge in [-0.05, 0) is 17.7 Å². The summed E-state index contributed by atoms with van der Waals surface area (Å²) in [6.45, 7) is -0.217. The Hall–Kier alpha value is -2.82. The van der Waals surface area contributed by atoms with Crippen LogP contribution in [-0.4, -0.2) is 29.0 Å². The number of aromatic nitrogens is 1. The number of carbonyl (C=O) groups is 3. The number of Topliss-reactive ketones (excluding diaryl/α,β-unsaturated/α-hetero) is 2. The topological polar surface area (TPSA) is 76.1 Å². The van der Waals surface area contributed by atoms with Gasteiger partial charge in [0.15, 0.2) is 5.78 Å². The summed E-state index contributed by atoms with van der Waals surface area (Å²) in [6, 6.07) is 12.2. The molecule has 5 nitrogen and oxygen atoms in total. The molecular weight excluding hydrogens is 268 g/mol. The van der Waals surface area contributed by atoms with Crippen molar-refractivity contribution in [1.29, 1.82) is 0 Å². The molecule has 1 aromatic carbocycles. The fourth-order valence-corrected chi connectivity index (χ4v) is 1.75. The molecule has 1 heterocycles. The minimum atomic E-state index is -0.754. The van der Waals surface area contributed by atoms with Crippen molar-refractivity contribution in [3.8, 4) is 0 Å². The lowest BCUT2D eigenvalue weighted by atomic mass is 10.1. The van der Waals surface area contributed by atoms with E-state index in [1.54, 1.807) is 42.6 Å². The maximum Gasteiger partial charge on any atom is 0.288 e. The Bertz CT molecular complexity index is 639. The second-order valence-electron chi connectivity index (χ2n) is 4.43. The predicted octanol–water partition coefficient (Wildman–Crippen LogP) is 1.19. The molecule has 0 aliphatic carbocycles. The number of amides is 1. The Morgan fingerprint density at radius 1 is 1.00 bits per heavy atom. The first-order chi connectivity index (χ1) is 10.2. The molecule has 2 aromatic rings. The minimum Gasteiger partial charge on any atom is -0.342 e. The molecule has 0 saturated heterocycles. The lowest BCUT2D eigenvalue weighted by molar-refractivity contribution is -0.137. The molecule has 0 bridgehead atoms. The van der Waals surface area contributed by atoms with Crippen molar-refractivity contribution < 1.29 is 14.4 Å². The van der Waals surface area contributed by atoms with Crippen LogP contribution in [0.4, 0.5) is 0 Å². The van der Waals surface area contributed by atoms with Crippen molar-refractivity contribution in [2.24, 2.45) is 0 Å². The molecule has 0 unspecified atom stereocenters. The standard InChI is InChI=1S/C16H14N2O3/c19-14(9-12-5-2-1-3-6-12)16(21)18-11-15(20)13-7-4-8-17-10-13/h1-8,10H,9,11H2,(H,18,21). The number of rotatable bonds is 6. The zero-order valence-corrected chi connectivity index (χ0v) is 11.3. The van der Waals surface area contributed by atoms with Gasteiger partial charge >= 0.3 is 0 Å². The maximum atomic E-state index is 11.8. The van der Waals surface area contributed by atoms with Crippen molar-refractivity contribution in [2.45, 2.75) is 6.42 Å². The van der Waals surface area contributed by atoms with E-state index < -0.39 is 11.7 Å². The van der Waals surface area contributed by atoms with Crippen molar-refractivity contribution in [3.63, 3.8) is 0 Å². The summed E-state index contributed by atoms with van der Waals surface area (Å²) in [5, 5.41) is 2.34. The molecule has 1 aromatic heterocycles. The molecule has 2 rings (SSSR count). The minimum absolute atomic E-state index is 0.0216. The molecule has 0 atom stereocenters. The van der Waals surface area contributed by atoms with Gasteiger partial charge in [-0.1, -0.05) is 30.3 Å². The fraction of sp³-hybridized carbons (Fsp3) is 0.125.